The maximum atomic E-state index is 11.9. The van der Waals surface area contributed by atoms with Gasteiger partial charge in [0.05, 0.1) is 6.04 Å². The first kappa shape index (κ1) is 15.8. The summed E-state index contributed by atoms with van der Waals surface area (Å²) < 4.78 is 0. The molecule has 1 aliphatic heterocycles. The molecule has 0 aromatic carbocycles. The number of piperidine rings is 1. The van der Waals surface area contributed by atoms with Gasteiger partial charge >= 0.3 is 0 Å². The van der Waals surface area contributed by atoms with E-state index >= 15 is 0 Å². The minimum atomic E-state index is 0.00569. The van der Waals surface area contributed by atoms with E-state index in [1.54, 1.807) is 11.8 Å². The predicted octanol–water partition coefficient (Wildman–Crippen LogP) is 0.996. The van der Waals surface area contributed by atoms with Gasteiger partial charge in [-0.05, 0) is 37.5 Å². The SMILES string of the molecule is CCC1CCNC(C(=O)NCCSCCCO)C1. The van der Waals surface area contributed by atoms with E-state index in [1.807, 2.05) is 0 Å². The van der Waals surface area contributed by atoms with Crippen molar-refractivity contribution in [2.75, 3.05) is 31.2 Å². The van der Waals surface area contributed by atoms with Crippen molar-refractivity contribution in [1.29, 1.82) is 0 Å². The molecule has 0 aliphatic carbocycles. The summed E-state index contributed by atoms with van der Waals surface area (Å²) in [5.74, 6) is 2.73. The molecule has 3 N–H and O–H groups in total. The fourth-order valence-electron chi connectivity index (χ4n) is 2.21. The zero-order chi connectivity index (χ0) is 13.2. The third kappa shape index (κ3) is 6.07. The lowest BCUT2D eigenvalue weighted by molar-refractivity contribution is -0.123. The summed E-state index contributed by atoms with van der Waals surface area (Å²) in [5.41, 5.74) is 0. The van der Waals surface area contributed by atoms with Gasteiger partial charge in [0.15, 0.2) is 0 Å². The summed E-state index contributed by atoms with van der Waals surface area (Å²) in [6.45, 7) is 4.14. The minimum Gasteiger partial charge on any atom is -0.396 e. The van der Waals surface area contributed by atoms with Crippen LogP contribution in [0.1, 0.15) is 32.6 Å². The van der Waals surface area contributed by atoms with Crippen LogP contribution in [-0.4, -0.2) is 48.3 Å². The third-order valence-corrected chi connectivity index (χ3v) is 4.47. The molecular formula is C13H26N2O2S. The summed E-state index contributed by atoms with van der Waals surface area (Å²) in [6.07, 6.45) is 4.17. The van der Waals surface area contributed by atoms with Crippen LogP contribution in [0, 0.1) is 5.92 Å². The molecule has 1 heterocycles. The van der Waals surface area contributed by atoms with Gasteiger partial charge in [0.25, 0.3) is 0 Å². The molecule has 1 rings (SSSR count). The number of aliphatic hydroxyl groups excluding tert-OH is 1. The normalized spacial score (nSPS) is 23.9. The van der Waals surface area contributed by atoms with Gasteiger partial charge in [-0.2, -0.15) is 11.8 Å². The van der Waals surface area contributed by atoms with Crippen LogP contribution < -0.4 is 10.6 Å². The summed E-state index contributed by atoms with van der Waals surface area (Å²) in [5, 5.41) is 14.9. The summed E-state index contributed by atoms with van der Waals surface area (Å²) >= 11 is 1.78. The number of rotatable bonds is 8. The van der Waals surface area contributed by atoms with Gasteiger partial charge in [0.2, 0.25) is 5.91 Å². The Morgan fingerprint density at radius 2 is 2.33 bits per heavy atom. The molecule has 0 spiro atoms. The predicted molar refractivity (Wildman–Crippen MR) is 76.8 cm³/mol. The van der Waals surface area contributed by atoms with E-state index < -0.39 is 0 Å². The second-order valence-electron chi connectivity index (χ2n) is 4.79. The number of hydrogen-bond acceptors (Lipinski definition) is 4. The molecule has 18 heavy (non-hydrogen) atoms. The average Bonchev–Trinajstić information content (AvgIpc) is 2.42. The fraction of sp³-hybridized carbons (Fsp3) is 0.923. The van der Waals surface area contributed by atoms with Crippen molar-refractivity contribution in [3.8, 4) is 0 Å². The van der Waals surface area contributed by atoms with Crippen LogP contribution in [0.4, 0.5) is 0 Å². The van der Waals surface area contributed by atoms with Gasteiger partial charge in [0, 0.05) is 18.9 Å². The third-order valence-electron chi connectivity index (χ3n) is 3.40. The number of carbonyl (C=O) groups excluding carboxylic acids is 1. The molecule has 2 unspecified atom stereocenters. The van der Waals surface area contributed by atoms with E-state index in [4.69, 9.17) is 5.11 Å². The van der Waals surface area contributed by atoms with Crippen LogP contribution in [0.2, 0.25) is 0 Å². The van der Waals surface area contributed by atoms with Gasteiger partial charge in [0.1, 0.15) is 0 Å². The van der Waals surface area contributed by atoms with Crippen molar-refractivity contribution >= 4 is 17.7 Å². The highest BCUT2D eigenvalue weighted by Crippen LogP contribution is 2.19. The molecule has 4 nitrogen and oxygen atoms in total. The molecule has 5 heteroatoms. The van der Waals surface area contributed by atoms with E-state index in [1.165, 1.54) is 12.8 Å². The number of amides is 1. The summed E-state index contributed by atoms with van der Waals surface area (Å²) in [7, 11) is 0. The largest absolute Gasteiger partial charge is 0.396 e. The molecule has 0 bridgehead atoms. The number of thioether (sulfide) groups is 1. The van der Waals surface area contributed by atoms with Gasteiger partial charge in [-0.3, -0.25) is 4.79 Å². The summed E-state index contributed by atoms with van der Waals surface area (Å²) in [6, 6.07) is 0.00569. The van der Waals surface area contributed by atoms with Crippen LogP contribution in [0.5, 0.6) is 0 Å². The van der Waals surface area contributed by atoms with Gasteiger partial charge < -0.3 is 15.7 Å². The zero-order valence-electron chi connectivity index (χ0n) is 11.3. The average molecular weight is 274 g/mol. The molecule has 1 saturated heterocycles. The van der Waals surface area contributed by atoms with Gasteiger partial charge in [-0.15, -0.1) is 0 Å². The summed E-state index contributed by atoms with van der Waals surface area (Å²) in [4.78, 5) is 11.9. The zero-order valence-corrected chi connectivity index (χ0v) is 12.1. The van der Waals surface area contributed by atoms with E-state index in [9.17, 15) is 4.79 Å². The Bertz CT molecular complexity index is 239. The Labute approximate surface area is 114 Å². The second-order valence-corrected chi connectivity index (χ2v) is 6.01. The van der Waals surface area contributed by atoms with E-state index in [-0.39, 0.29) is 18.6 Å². The molecule has 0 saturated carbocycles. The lowest BCUT2D eigenvalue weighted by Gasteiger charge is -2.28. The lowest BCUT2D eigenvalue weighted by Crippen LogP contribution is -2.49. The molecule has 1 amide bonds. The van der Waals surface area contributed by atoms with Gasteiger partial charge in [-0.25, -0.2) is 0 Å². The monoisotopic (exact) mass is 274 g/mol. The van der Waals surface area contributed by atoms with Crippen molar-refractivity contribution in [1.82, 2.24) is 10.6 Å². The Morgan fingerprint density at radius 3 is 3.06 bits per heavy atom. The number of nitrogens with one attached hydrogen (secondary N) is 2. The van der Waals surface area contributed by atoms with Crippen LogP contribution in [0.3, 0.4) is 0 Å². The van der Waals surface area contributed by atoms with Crippen molar-refractivity contribution in [3.63, 3.8) is 0 Å². The van der Waals surface area contributed by atoms with E-state index in [0.29, 0.717) is 5.92 Å². The van der Waals surface area contributed by atoms with E-state index in [0.717, 1.165) is 37.4 Å². The van der Waals surface area contributed by atoms with Crippen LogP contribution in [0.15, 0.2) is 0 Å². The number of carbonyl (C=O) groups is 1. The molecule has 2 atom stereocenters. The molecule has 0 aromatic rings. The highest BCUT2D eigenvalue weighted by molar-refractivity contribution is 7.99. The van der Waals surface area contributed by atoms with Crippen molar-refractivity contribution in [2.45, 2.75) is 38.6 Å². The van der Waals surface area contributed by atoms with Crippen LogP contribution in [0.25, 0.3) is 0 Å². The molecule has 0 radical (unpaired) electrons. The highest BCUT2D eigenvalue weighted by atomic mass is 32.2. The van der Waals surface area contributed by atoms with Gasteiger partial charge in [-0.1, -0.05) is 13.3 Å². The van der Waals surface area contributed by atoms with Crippen LogP contribution in [-0.2, 0) is 4.79 Å². The number of aliphatic hydroxyl groups is 1. The first-order chi connectivity index (χ1) is 8.77. The van der Waals surface area contributed by atoms with Crippen molar-refractivity contribution < 1.29 is 9.90 Å². The Morgan fingerprint density at radius 1 is 1.50 bits per heavy atom. The van der Waals surface area contributed by atoms with Crippen molar-refractivity contribution in [3.05, 3.63) is 0 Å². The second kappa shape index (κ2) is 9.64. The first-order valence-corrected chi connectivity index (χ1v) is 8.13. The molecule has 0 aromatic heterocycles. The molecule has 1 fully saturated rings. The standard InChI is InChI=1S/C13H26N2O2S/c1-2-11-4-5-14-12(10-11)13(17)15-6-9-18-8-3-7-16/h11-12,14,16H,2-10H2,1H3,(H,15,17). The topological polar surface area (TPSA) is 61.4 Å². The molecule has 1 aliphatic rings. The highest BCUT2D eigenvalue weighted by Gasteiger charge is 2.25. The van der Waals surface area contributed by atoms with Crippen molar-refractivity contribution in [2.24, 2.45) is 5.92 Å². The maximum absolute atomic E-state index is 11.9. The van der Waals surface area contributed by atoms with E-state index in [2.05, 4.69) is 17.6 Å². The minimum absolute atomic E-state index is 0.00569. The fourth-order valence-corrected chi connectivity index (χ4v) is 2.99. The maximum Gasteiger partial charge on any atom is 0.237 e. The first-order valence-electron chi connectivity index (χ1n) is 6.97. The lowest BCUT2D eigenvalue weighted by atomic mass is 9.90. The number of hydrogen-bond donors (Lipinski definition) is 3. The molecule has 106 valence electrons. The Kier molecular flexibility index (Phi) is 8.46. The quantitative estimate of drug-likeness (QED) is 0.578. The molecular weight excluding hydrogens is 248 g/mol. The smallest absolute Gasteiger partial charge is 0.237 e. The Hall–Kier alpha value is -0.260. The Balaban J connectivity index is 2.08. The van der Waals surface area contributed by atoms with Crippen LogP contribution >= 0.6 is 11.8 Å².